The summed E-state index contributed by atoms with van der Waals surface area (Å²) in [5.74, 6) is -1.05. The average molecular weight is 370 g/mol. The third kappa shape index (κ3) is 3.20. The Morgan fingerprint density at radius 1 is 1.29 bits per heavy atom. The maximum atomic E-state index is 11.9. The minimum Gasteiger partial charge on any atom is -0.481 e. The molecule has 0 radical (unpaired) electrons. The molecular weight excluding hydrogens is 348 g/mol. The number of carboxylic acid groups (broad SMARTS) is 1. The van der Waals surface area contributed by atoms with Crippen molar-refractivity contribution in [3.63, 3.8) is 0 Å². The molecule has 2 saturated heterocycles. The summed E-state index contributed by atoms with van der Waals surface area (Å²) >= 11 is 1.69. The van der Waals surface area contributed by atoms with Gasteiger partial charge in [-0.3, -0.25) is 9.69 Å². The smallest absolute Gasteiger partial charge is 0.312 e. The van der Waals surface area contributed by atoms with E-state index in [2.05, 4.69) is 29.2 Å². The number of aliphatic carboxylic acids is 1. The Bertz CT molecular complexity index is 735. The molecule has 0 bridgehead atoms. The summed E-state index contributed by atoms with van der Waals surface area (Å²) in [4.78, 5) is 15.2. The minimum atomic E-state index is -3.35. The SMILES string of the molecule is CSc1ccc(CN2CC3CN(S(C)(=O)=O)C[C@]3(C(=O)O)C2)cc1. The van der Waals surface area contributed by atoms with Gasteiger partial charge in [-0.25, -0.2) is 12.7 Å². The molecule has 0 spiro atoms. The zero-order chi connectivity index (χ0) is 17.5. The van der Waals surface area contributed by atoms with E-state index >= 15 is 0 Å². The van der Waals surface area contributed by atoms with Crippen LogP contribution in [0.4, 0.5) is 0 Å². The molecule has 2 aliphatic heterocycles. The van der Waals surface area contributed by atoms with Crippen LogP contribution >= 0.6 is 11.8 Å². The lowest BCUT2D eigenvalue weighted by Gasteiger charge is -2.24. The summed E-state index contributed by atoms with van der Waals surface area (Å²) in [7, 11) is -3.35. The zero-order valence-corrected chi connectivity index (χ0v) is 15.4. The van der Waals surface area contributed by atoms with Crippen molar-refractivity contribution in [3.8, 4) is 0 Å². The monoisotopic (exact) mass is 370 g/mol. The Labute approximate surface area is 146 Å². The van der Waals surface area contributed by atoms with E-state index in [0.717, 1.165) is 11.8 Å². The Kier molecular flexibility index (Phi) is 4.67. The number of hydrogen-bond acceptors (Lipinski definition) is 5. The van der Waals surface area contributed by atoms with E-state index in [-0.39, 0.29) is 12.5 Å². The molecule has 0 aromatic heterocycles. The van der Waals surface area contributed by atoms with Crippen molar-refractivity contribution in [1.82, 2.24) is 9.21 Å². The van der Waals surface area contributed by atoms with Gasteiger partial charge in [0.05, 0.1) is 11.7 Å². The number of carboxylic acids is 1. The van der Waals surface area contributed by atoms with Crippen molar-refractivity contribution in [2.45, 2.75) is 11.4 Å². The Balaban J connectivity index is 1.74. The van der Waals surface area contributed by atoms with Gasteiger partial charge in [0.25, 0.3) is 0 Å². The first-order valence-electron chi connectivity index (χ1n) is 7.78. The number of benzene rings is 1. The number of likely N-dealkylation sites (tertiary alicyclic amines) is 1. The fraction of sp³-hybridized carbons (Fsp3) is 0.562. The first-order valence-corrected chi connectivity index (χ1v) is 10.9. The Morgan fingerprint density at radius 3 is 2.46 bits per heavy atom. The highest BCUT2D eigenvalue weighted by molar-refractivity contribution is 7.98. The van der Waals surface area contributed by atoms with Gasteiger partial charge in [0, 0.05) is 43.5 Å². The van der Waals surface area contributed by atoms with Crippen molar-refractivity contribution >= 4 is 27.8 Å². The molecule has 1 N–H and O–H groups in total. The summed E-state index contributed by atoms with van der Waals surface area (Å²) in [6.07, 6.45) is 3.18. The molecule has 2 heterocycles. The van der Waals surface area contributed by atoms with Gasteiger partial charge in [-0.1, -0.05) is 12.1 Å². The lowest BCUT2D eigenvalue weighted by Crippen LogP contribution is -2.41. The highest BCUT2D eigenvalue weighted by Crippen LogP contribution is 2.44. The van der Waals surface area contributed by atoms with Crippen LogP contribution in [0.1, 0.15) is 5.56 Å². The van der Waals surface area contributed by atoms with Gasteiger partial charge in [0.15, 0.2) is 0 Å². The Hall–Kier alpha value is -1.09. The van der Waals surface area contributed by atoms with Crippen LogP contribution in [-0.2, 0) is 21.4 Å². The number of hydrogen-bond donors (Lipinski definition) is 1. The second-order valence-electron chi connectivity index (χ2n) is 6.73. The van der Waals surface area contributed by atoms with Gasteiger partial charge in [-0.2, -0.15) is 0 Å². The zero-order valence-electron chi connectivity index (χ0n) is 13.8. The molecular formula is C16H22N2O4S2. The summed E-state index contributed by atoms with van der Waals surface area (Å²) in [5, 5.41) is 9.76. The van der Waals surface area contributed by atoms with Crippen molar-refractivity contribution in [1.29, 1.82) is 0 Å². The molecule has 0 aliphatic carbocycles. The highest BCUT2D eigenvalue weighted by Gasteiger charge is 2.58. The largest absolute Gasteiger partial charge is 0.481 e. The standard InChI is InChI=1S/C16H22N2O4S2/c1-23-14-5-3-12(4-6-14)7-17-8-13-9-18(24(2,21)22)11-16(13,10-17)15(19)20/h3-6,13H,7-11H2,1-2H3,(H,19,20)/t13?,16-/m1/s1. The molecule has 0 saturated carbocycles. The van der Waals surface area contributed by atoms with E-state index in [0.29, 0.717) is 26.2 Å². The highest BCUT2D eigenvalue weighted by atomic mass is 32.2. The van der Waals surface area contributed by atoms with E-state index in [1.807, 2.05) is 6.26 Å². The summed E-state index contributed by atoms with van der Waals surface area (Å²) in [5.41, 5.74) is 0.163. The topological polar surface area (TPSA) is 77.9 Å². The van der Waals surface area contributed by atoms with Crippen LogP contribution in [-0.4, -0.2) is 67.4 Å². The third-order valence-corrected chi connectivity index (χ3v) is 7.07. The van der Waals surface area contributed by atoms with Crippen molar-refractivity contribution < 1.29 is 18.3 Å². The molecule has 2 atom stereocenters. The van der Waals surface area contributed by atoms with Crippen molar-refractivity contribution in [2.75, 3.05) is 38.7 Å². The van der Waals surface area contributed by atoms with E-state index in [1.165, 1.54) is 9.20 Å². The number of nitrogens with zero attached hydrogens (tertiary/aromatic N) is 2. The predicted octanol–water partition coefficient (Wildman–Crippen LogP) is 1.19. The molecule has 6 nitrogen and oxygen atoms in total. The average Bonchev–Trinajstić information content (AvgIpc) is 3.02. The van der Waals surface area contributed by atoms with Gasteiger partial charge in [0.1, 0.15) is 0 Å². The molecule has 2 aliphatic rings. The van der Waals surface area contributed by atoms with Crippen LogP contribution in [0.3, 0.4) is 0 Å². The normalized spacial score (nSPS) is 28.2. The van der Waals surface area contributed by atoms with Crippen LogP contribution in [0, 0.1) is 11.3 Å². The van der Waals surface area contributed by atoms with E-state index in [1.54, 1.807) is 11.8 Å². The Morgan fingerprint density at radius 2 is 1.96 bits per heavy atom. The summed E-state index contributed by atoms with van der Waals surface area (Å²) < 4.78 is 24.9. The van der Waals surface area contributed by atoms with Crippen molar-refractivity contribution in [3.05, 3.63) is 29.8 Å². The van der Waals surface area contributed by atoms with E-state index < -0.39 is 21.4 Å². The molecule has 1 aromatic carbocycles. The van der Waals surface area contributed by atoms with Crippen LogP contribution in [0.25, 0.3) is 0 Å². The molecule has 132 valence electrons. The van der Waals surface area contributed by atoms with Gasteiger partial charge >= 0.3 is 5.97 Å². The van der Waals surface area contributed by atoms with E-state index in [9.17, 15) is 18.3 Å². The summed E-state index contributed by atoms with van der Waals surface area (Å²) in [6.45, 7) is 2.08. The first-order chi connectivity index (χ1) is 11.2. The van der Waals surface area contributed by atoms with Crippen LogP contribution in [0.2, 0.25) is 0 Å². The second-order valence-corrected chi connectivity index (χ2v) is 9.59. The third-order valence-electron chi connectivity index (χ3n) is 5.11. The lowest BCUT2D eigenvalue weighted by atomic mass is 9.81. The molecule has 8 heteroatoms. The molecule has 1 unspecified atom stereocenters. The molecule has 3 rings (SSSR count). The first kappa shape index (κ1) is 17.7. The predicted molar refractivity (Wildman–Crippen MR) is 93.5 cm³/mol. The van der Waals surface area contributed by atoms with E-state index in [4.69, 9.17) is 0 Å². The lowest BCUT2D eigenvalue weighted by molar-refractivity contribution is -0.148. The molecule has 24 heavy (non-hydrogen) atoms. The van der Waals surface area contributed by atoms with Crippen LogP contribution < -0.4 is 0 Å². The van der Waals surface area contributed by atoms with Crippen LogP contribution in [0.15, 0.2) is 29.2 Å². The number of carbonyl (C=O) groups is 1. The minimum absolute atomic E-state index is 0.0771. The maximum absolute atomic E-state index is 11.9. The molecule has 1 aromatic rings. The van der Waals surface area contributed by atoms with Gasteiger partial charge in [-0.05, 0) is 24.0 Å². The number of rotatable bonds is 5. The number of thioether (sulfide) groups is 1. The molecule has 0 amide bonds. The maximum Gasteiger partial charge on any atom is 0.312 e. The van der Waals surface area contributed by atoms with Gasteiger partial charge in [-0.15, -0.1) is 11.8 Å². The number of sulfonamides is 1. The molecule has 2 fully saturated rings. The fourth-order valence-electron chi connectivity index (χ4n) is 3.79. The fourth-order valence-corrected chi connectivity index (χ4v) is 5.11. The summed E-state index contributed by atoms with van der Waals surface area (Å²) in [6, 6.07) is 8.26. The van der Waals surface area contributed by atoms with Crippen LogP contribution in [0.5, 0.6) is 0 Å². The quantitative estimate of drug-likeness (QED) is 0.785. The van der Waals surface area contributed by atoms with Crippen molar-refractivity contribution in [2.24, 2.45) is 11.3 Å². The van der Waals surface area contributed by atoms with Gasteiger partial charge < -0.3 is 5.11 Å². The van der Waals surface area contributed by atoms with Gasteiger partial charge in [0.2, 0.25) is 10.0 Å². The second kappa shape index (κ2) is 6.33. The number of fused-ring (bicyclic) bond motifs is 1.